The number of ether oxygens (including phenoxy) is 19. The number of hydrogen-bond acceptors (Lipinski definition) is 45. The standard InChI is InChI=1S/C82H128O45/c1-27-57(119-70-55(104)60(36(89)25-112-70)121-67-48(97)42(91)33(86)22-109-67)47(96)52(101)71(113-27)125-64-53(102)58(120-73-56(105)62(59(29(3)114-73)116-30(4)85)123-69-50(99)44(93)35(88)24-111-69)28(2)115-74(64)127-76(108)82-18-17-77(5,6)19-32(82)31-11-12-39-78(7)15-14-41(79(8,26-84)38(78)13-16-80(39,9)81(31,10)20-40(82)90)118-75-65(126-72-51(100)46(95)45(94)37(21-83)117-72)61(54(103)63(124-75)66(106)107)122-68-49(98)43(92)34(87)23-110-68/h11,26-29,32-65,67-75,83,86-105H,12-25H2,1-10H3,(H,106,107)/p-1/t27-,28+,29+,32-,33+,34+,35+,36+,37+,38+,39+,40+,41-,42-,43-,44-,45-,46-,47-,48+,49+,50+,51+,52+,53-,54-,55+,56+,57-,58-,59+,60-,61-,62+,63-,64+,65+,67-,68-,69-,70-,71-,72-,73-,74-,75+,78-,79-,80+,81+,82+/m0/s1. The fourth-order valence-electron chi connectivity index (χ4n) is 23.0. The molecule has 0 radical (unpaired) electrons. The van der Waals surface area contributed by atoms with Crippen molar-refractivity contribution in [2.75, 3.05) is 33.0 Å². The third-order valence-corrected chi connectivity index (χ3v) is 30.5. The van der Waals surface area contributed by atoms with Crippen molar-refractivity contribution in [2.45, 2.75) is 391 Å². The number of aliphatic carboxylic acids is 1. The van der Waals surface area contributed by atoms with Crippen LogP contribution in [0, 0.1) is 50.2 Å². The van der Waals surface area contributed by atoms with Crippen LogP contribution in [0.4, 0.5) is 0 Å². The Morgan fingerprint density at radius 2 is 0.898 bits per heavy atom. The molecule has 0 bridgehead atoms. The molecule has 726 valence electrons. The molecule has 14 aliphatic rings. The van der Waals surface area contributed by atoms with Crippen molar-refractivity contribution >= 4 is 24.2 Å². The zero-order chi connectivity index (χ0) is 92.6. The Balaban J connectivity index is 0.743. The number of allylic oxidation sites excluding steroid dienone is 2. The normalized spacial score (nSPS) is 54.3. The van der Waals surface area contributed by atoms with Crippen LogP contribution in [0.25, 0.3) is 0 Å². The van der Waals surface area contributed by atoms with E-state index in [1.54, 1.807) is 6.92 Å². The van der Waals surface area contributed by atoms with Gasteiger partial charge >= 0.3 is 11.9 Å². The van der Waals surface area contributed by atoms with Crippen LogP contribution in [0.15, 0.2) is 11.6 Å². The first kappa shape index (κ1) is 99.3. The van der Waals surface area contributed by atoms with Crippen molar-refractivity contribution in [3.05, 3.63) is 11.6 Å². The van der Waals surface area contributed by atoms with E-state index in [0.717, 1.165) is 18.8 Å². The second-order valence-corrected chi connectivity index (χ2v) is 38.8. The molecule has 14 rings (SSSR count). The maximum absolute atomic E-state index is 16.4. The lowest BCUT2D eigenvalue weighted by Gasteiger charge is -2.71. The lowest BCUT2D eigenvalue weighted by atomic mass is 9.33. The van der Waals surface area contributed by atoms with Crippen LogP contribution < -0.4 is 5.11 Å². The summed E-state index contributed by atoms with van der Waals surface area (Å²) >= 11 is 0. The smallest absolute Gasteiger partial charge is 0.317 e. The molecule has 0 amide bonds. The number of esters is 2. The Kier molecular flexibility index (Phi) is 29.8. The molecule has 9 heterocycles. The molecular weight excluding hydrogens is 1700 g/mol. The summed E-state index contributed by atoms with van der Waals surface area (Å²) in [4.78, 5) is 56.4. The SMILES string of the molecule is CC(=O)O[C@H]1[C@H](O[C@@H]2OC[C@@H](O)[C@H](O)[C@H]2O)[C@@H](O)[C@H](O[C@@H]2[C@H](O)[C@@H](O[C@@H]3O[C@@H](C)[C@H](O[C@@H]4OC[C@@H](O)[C@H](O[C@@H]5OC[C@@H](O)[C@H](O)[C@H]5O)[C@H]4O)[C@@H](O)[C@H]3O)[C@H](OC(=O)[C@]34CCC(C)(C)C[C@H]3C3=CC[C@@H]5[C@@]6(C)CC[C@H](O[C@@H]7O[C@H](C(=O)[O-])[C@@H](O)[C@H](O[C@@H]8OC[C@@H](O)[C@H](O)[C@H]8O)[C@H]7O[C@@H]7O[C@H](CO)[C@H](O)[C@H](O)[C@H]7O)[C@@](C)(C=O)[C@@H]6CC[C@@]5(C)[C@]3(C)C[C@H]4O)O[C@@H]2C)O[C@@H]1C. The van der Waals surface area contributed by atoms with Crippen LogP contribution in [0.1, 0.15) is 127 Å². The van der Waals surface area contributed by atoms with Crippen molar-refractivity contribution in [1.29, 1.82) is 0 Å². The summed E-state index contributed by atoms with van der Waals surface area (Å²) in [5, 5.41) is 249. The molecule has 45 nitrogen and oxygen atoms in total. The van der Waals surface area contributed by atoms with Gasteiger partial charge in [0.25, 0.3) is 0 Å². The number of carbonyl (C=O) groups is 4. The number of fused-ring (bicyclic) bond motifs is 7. The molecule has 21 N–H and O–H groups in total. The lowest BCUT2D eigenvalue weighted by molar-refractivity contribution is -0.401. The van der Waals surface area contributed by atoms with Gasteiger partial charge in [-0.25, -0.2) is 0 Å². The maximum atomic E-state index is 16.4. The van der Waals surface area contributed by atoms with E-state index in [4.69, 9.17) is 90.0 Å². The number of aliphatic hydroxyl groups excluding tert-OH is 21. The number of aliphatic hydroxyl groups is 21. The van der Waals surface area contributed by atoms with Gasteiger partial charge in [-0.15, -0.1) is 0 Å². The van der Waals surface area contributed by atoms with E-state index >= 15 is 4.79 Å². The molecular formula is C82H127O45-. The fraction of sp³-hybridized carbons (Fsp3) is 0.927. The maximum Gasteiger partial charge on any atom is 0.317 e. The fourth-order valence-corrected chi connectivity index (χ4v) is 23.0. The van der Waals surface area contributed by atoms with Gasteiger partial charge in [-0.3, -0.25) is 9.59 Å². The minimum Gasteiger partial charge on any atom is -0.547 e. The van der Waals surface area contributed by atoms with E-state index in [0.29, 0.717) is 38.5 Å². The van der Waals surface area contributed by atoms with Gasteiger partial charge in [0.1, 0.15) is 177 Å². The molecule has 5 aliphatic carbocycles. The molecule has 45 heteroatoms. The largest absolute Gasteiger partial charge is 0.547 e. The average molecular weight is 1830 g/mol. The molecule has 13 fully saturated rings. The Hall–Kier alpha value is -3.70. The van der Waals surface area contributed by atoms with Gasteiger partial charge in [0.15, 0.2) is 62.5 Å². The Morgan fingerprint density at radius 3 is 1.46 bits per heavy atom. The minimum atomic E-state index is -2.34. The third kappa shape index (κ3) is 17.9. The first-order chi connectivity index (χ1) is 59.6. The number of hydrogen-bond donors (Lipinski definition) is 21. The summed E-state index contributed by atoms with van der Waals surface area (Å²) in [6.45, 7) is 13.9. The zero-order valence-corrected chi connectivity index (χ0v) is 71.8. The van der Waals surface area contributed by atoms with Gasteiger partial charge in [-0.1, -0.05) is 53.2 Å². The van der Waals surface area contributed by atoms with E-state index in [9.17, 15) is 127 Å². The van der Waals surface area contributed by atoms with Crippen LogP contribution in [-0.2, 0) is 109 Å². The van der Waals surface area contributed by atoms with Crippen molar-refractivity contribution < 1.29 is 222 Å². The summed E-state index contributed by atoms with van der Waals surface area (Å²) in [6.07, 6.45) is -74.2. The molecule has 51 atom stereocenters. The van der Waals surface area contributed by atoms with Crippen LogP contribution in [0.3, 0.4) is 0 Å². The highest BCUT2D eigenvalue weighted by Crippen LogP contribution is 2.76. The topological polar surface area (TPSA) is 692 Å². The van der Waals surface area contributed by atoms with Crippen molar-refractivity contribution in [1.82, 2.24) is 0 Å². The van der Waals surface area contributed by atoms with Gasteiger partial charge in [-0.05, 0) is 118 Å². The molecule has 0 spiro atoms. The second kappa shape index (κ2) is 38.1. The molecule has 0 unspecified atom stereocenters. The molecule has 4 saturated carbocycles. The molecule has 9 aliphatic heterocycles. The van der Waals surface area contributed by atoms with E-state index in [2.05, 4.69) is 19.9 Å². The van der Waals surface area contributed by atoms with Crippen molar-refractivity contribution in [3.63, 3.8) is 0 Å². The number of carboxylic acid groups (broad SMARTS) is 1. The Morgan fingerprint density at radius 1 is 0.433 bits per heavy atom. The average Bonchev–Trinajstić information content (AvgIpc) is 0.668. The highest BCUT2D eigenvalue weighted by Gasteiger charge is 2.74. The predicted octanol–water partition coefficient (Wildman–Crippen LogP) is -9.80. The first-order valence-corrected chi connectivity index (χ1v) is 43.6. The molecule has 127 heavy (non-hydrogen) atoms. The van der Waals surface area contributed by atoms with E-state index in [1.807, 2.05) is 20.8 Å². The zero-order valence-electron chi connectivity index (χ0n) is 71.8. The van der Waals surface area contributed by atoms with Gasteiger partial charge in [0, 0.05) is 6.92 Å². The molecule has 0 aromatic carbocycles. The Labute approximate surface area is 729 Å². The number of rotatable bonds is 22. The summed E-state index contributed by atoms with van der Waals surface area (Å²) in [5.41, 5.74) is -5.56. The highest BCUT2D eigenvalue weighted by atomic mass is 16.8. The Bertz CT molecular complexity index is 3810. The van der Waals surface area contributed by atoms with Crippen LogP contribution in [0.5, 0.6) is 0 Å². The summed E-state index contributed by atoms with van der Waals surface area (Å²) < 4.78 is 114. The summed E-state index contributed by atoms with van der Waals surface area (Å²) in [5.74, 6) is -5.62. The van der Waals surface area contributed by atoms with Crippen LogP contribution in [-0.4, -0.2) is 429 Å². The lowest BCUT2D eigenvalue weighted by Crippen LogP contribution is -2.70. The number of carboxylic acids is 1. The van der Waals surface area contributed by atoms with E-state index in [-0.39, 0.29) is 25.2 Å². The molecule has 0 aromatic rings. The van der Waals surface area contributed by atoms with E-state index in [1.165, 1.54) is 20.8 Å². The van der Waals surface area contributed by atoms with Crippen molar-refractivity contribution in [2.24, 2.45) is 50.2 Å². The van der Waals surface area contributed by atoms with Gasteiger partial charge in [0.05, 0.1) is 74.9 Å². The quantitative estimate of drug-likeness (QED) is 0.0207. The minimum absolute atomic E-state index is 0.0108. The van der Waals surface area contributed by atoms with E-state index < -0.39 is 359 Å². The summed E-state index contributed by atoms with van der Waals surface area (Å²) in [6, 6.07) is 0. The third-order valence-electron chi connectivity index (χ3n) is 30.5. The van der Waals surface area contributed by atoms with Crippen LogP contribution >= 0.6 is 0 Å². The molecule has 0 aromatic heterocycles. The van der Waals surface area contributed by atoms with Gasteiger partial charge in [-0.2, -0.15) is 0 Å². The molecule has 9 saturated heterocycles. The number of carbonyl (C=O) groups excluding carboxylic acids is 4. The second-order valence-electron chi connectivity index (χ2n) is 38.8. The first-order valence-electron chi connectivity index (χ1n) is 43.6. The highest BCUT2D eigenvalue weighted by molar-refractivity contribution is 5.80. The predicted molar refractivity (Wildman–Crippen MR) is 407 cm³/mol. The van der Waals surface area contributed by atoms with Crippen LogP contribution in [0.2, 0.25) is 0 Å². The van der Waals surface area contributed by atoms with Crippen molar-refractivity contribution in [3.8, 4) is 0 Å². The van der Waals surface area contributed by atoms with Gasteiger partial charge in [0.2, 0.25) is 6.29 Å². The monoisotopic (exact) mass is 1830 g/mol. The summed E-state index contributed by atoms with van der Waals surface area (Å²) in [7, 11) is 0. The number of aldehydes is 1. The van der Waals surface area contributed by atoms with Gasteiger partial charge < -0.3 is 212 Å².